The summed E-state index contributed by atoms with van der Waals surface area (Å²) in [6.45, 7) is 1.65. The molecule has 0 aromatic heterocycles. The van der Waals surface area contributed by atoms with Crippen LogP contribution in [0.15, 0.2) is 48.5 Å². The second kappa shape index (κ2) is 10.7. The largest absolute Gasteiger partial charge is 0.484 e. The van der Waals surface area contributed by atoms with Gasteiger partial charge >= 0.3 is 0 Å². The Hall–Kier alpha value is -2.24. The molecule has 1 aliphatic carbocycles. The Morgan fingerprint density at radius 2 is 1.70 bits per heavy atom. The van der Waals surface area contributed by atoms with Crippen LogP contribution < -0.4 is 10.1 Å². The Bertz CT molecular complexity index is 850. The van der Waals surface area contributed by atoms with Crippen molar-refractivity contribution in [1.29, 1.82) is 0 Å². The fraction of sp³-hybridized carbons (Fsp3) is 0.391. The van der Waals surface area contributed by atoms with Gasteiger partial charge < -0.3 is 15.0 Å². The number of rotatable bonds is 8. The van der Waals surface area contributed by atoms with E-state index < -0.39 is 6.04 Å². The highest BCUT2D eigenvalue weighted by atomic mass is 35.5. The van der Waals surface area contributed by atoms with Gasteiger partial charge in [0.1, 0.15) is 11.8 Å². The molecule has 1 saturated carbocycles. The molecule has 0 aliphatic heterocycles. The first-order valence-corrected chi connectivity index (χ1v) is 10.9. The van der Waals surface area contributed by atoms with Crippen molar-refractivity contribution in [1.82, 2.24) is 10.2 Å². The van der Waals surface area contributed by atoms with Crippen molar-refractivity contribution < 1.29 is 14.3 Å². The standard InChI is InChI=1S/C23H26Cl2N2O3/c1-16(23(29)26-17-8-5-6-9-17)27(14-19-20(24)12-7-13-21(19)25)22(28)15-30-18-10-3-2-4-11-18/h2-4,7,10-13,16-17H,5-6,8-9,14-15H2,1H3,(H,26,29). The highest BCUT2D eigenvalue weighted by molar-refractivity contribution is 6.36. The summed E-state index contributed by atoms with van der Waals surface area (Å²) >= 11 is 12.6. The van der Waals surface area contributed by atoms with Gasteiger partial charge in [-0.2, -0.15) is 0 Å². The minimum absolute atomic E-state index is 0.120. The van der Waals surface area contributed by atoms with Crippen molar-refractivity contribution in [2.24, 2.45) is 0 Å². The van der Waals surface area contributed by atoms with E-state index in [2.05, 4.69) is 5.32 Å². The molecule has 1 fully saturated rings. The molecule has 0 radical (unpaired) electrons. The predicted octanol–water partition coefficient (Wildman–Crippen LogP) is 4.85. The molecule has 160 valence electrons. The third-order valence-electron chi connectivity index (χ3n) is 5.36. The van der Waals surface area contributed by atoms with Crippen LogP contribution in [0.2, 0.25) is 10.0 Å². The van der Waals surface area contributed by atoms with E-state index in [4.69, 9.17) is 27.9 Å². The van der Waals surface area contributed by atoms with E-state index >= 15 is 0 Å². The van der Waals surface area contributed by atoms with Crippen LogP contribution in [0.5, 0.6) is 5.75 Å². The fourth-order valence-electron chi connectivity index (χ4n) is 3.57. The van der Waals surface area contributed by atoms with E-state index in [1.54, 1.807) is 37.3 Å². The third kappa shape index (κ3) is 5.89. The normalized spacial score (nSPS) is 14.9. The molecule has 0 heterocycles. The van der Waals surface area contributed by atoms with E-state index in [1.165, 1.54) is 4.90 Å². The summed E-state index contributed by atoms with van der Waals surface area (Å²) in [6.07, 6.45) is 4.17. The summed E-state index contributed by atoms with van der Waals surface area (Å²) in [5.74, 6) is 0.0895. The summed E-state index contributed by atoms with van der Waals surface area (Å²) in [6, 6.07) is 13.7. The monoisotopic (exact) mass is 448 g/mol. The number of halogens is 2. The predicted molar refractivity (Wildman–Crippen MR) is 119 cm³/mol. The van der Waals surface area contributed by atoms with Crippen molar-refractivity contribution in [2.75, 3.05) is 6.61 Å². The average Bonchev–Trinajstić information content (AvgIpc) is 3.25. The van der Waals surface area contributed by atoms with E-state index in [9.17, 15) is 9.59 Å². The molecular weight excluding hydrogens is 423 g/mol. The number of carbonyl (C=O) groups excluding carboxylic acids is 2. The van der Waals surface area contributed by atoms with Crippen LogP contribution in [0.3, 0.4) is 0 Å². The van der Waals surface area contributed by atoms with Crippen LogP contribution in [-0.2, 0) is 16.1 Å². The minimum Gasteiger partial charge on any atom is -0.484 e. The second-order valence-corrected chi connectivity index (χ2v) is 8.30. The number of hydrogen-bond acceptors (Lipinski definition) is 3. The summed E-state index contributed by atoms with van der Waals surface area (Å²) in [5.41, 5.74) is 0.606. The van der Waals surface area contributed by atoms with Crippen LogP contribution in [0, 0.1) is 0 Å². The van der Waals surface area contributed by atoms with E-state index in [-0.39, 0.29) is 31.0 Å². The smallest absolute Gasteiger partial charge is 0.261 e. The first-order valence-electron chi connectivity index (χ1n) is 10.2. The first kappa shape index (κ1) is 22.4. The zero-order chi connectivity index (χ0) is 21.5. The Morgan fingerprint density at radius 1 is 1.07 bits per heavy atom. The number of hydrogen-bond donors (Lipinski definition) is 1. The van der Waals surface area contributed by atoms with Crippen LogP contribution in [0.25, 0.3) is 0 Å². The molecule has 1 N–H and O–H groups in total. The third-order valence-corrected chi connectivity index (χ3v) is 6.07. The summed E-state index contributed by atoms with van der Waals surface area (Å²) in [4.78, 5) is 27.4. The Labute approximate surface area is 187 Å². The number of carbonyl (C=O) groups is 2. The summed E-state index contributed by atoms with van der Waals surface area (Å²) in [5, 5.41) is 3.97. The van der Waals surface area contributed by atoms with Crippen molar-refractivity contribution >= 4 is 35.0 Å². The van der Waals surface area contributed by atoms with Crippen molar-refractivity contribution in [2.45, 2.75) is 51.2 Å². The quantitative estimate of drug-likeness (QED) is 0.627. The van der Waals surface area contributed by atoms with Crippen LogP contribution >= 0.6 is 23.2 Å². The molecule has 0 bridgehead atoms. The van der Waals surface area contributed by atoms with Crippen molar-refractivity contribution in [3.05, 3.63) is 64.1 Å². The Kier molecular flexibility index (Phi) is 8.00. The lowest BCUT2D eigenvalue weighted by atomic mass is 10.1. The molecule has 0 saturated heterocycles. The lowest BCUT2D eigenvalue weighted by molar-refractivity contribution is -0.142. The van der Waals surface area contributed by atoms with Gasteiger partial charge in [-0.1, -0.05) is 60.3 Å². The number of ether oxygens (including phenoxy) is 1. The van der Waals surface area contributed by atoms with Crippen LogP contribution in [0.1, 0.15) is 38.2 Å². The molecule has 5 nitrogen and oxygen atoms in total. The molecule has 3 rings (SSSR count). The zero-order valence-electron chi connectivity index (χ0n) is 16.9. The van der Waals surface area contributed by atoms with E-state index in [0.717, 1.165) is 25.7 Å². The molecule has 30 heavy (non-hydrogen) atoms. The maximum absolute atomic E-state index is 13.1. The highest BCUT2D eigenvalue weighted by Crippen LogP contribution is 2.27. The number of nitrogens with zero attached hydrogens (tertiary/aromatic N) is 1. The number of benzene rings is 2. The fourth-order valence-corrected chi connectivity index (χ4v) is 4.09. The van der Waals surface area contributed by atoms with Crippen LogP contribution in [0.4, 0.5) is 0 Å². The Balaban J connectivity index is 1.76. The van der Waals surface area contributed by atoms with Gasteiger partial charge in [-0.15, -0.1) is 0 Å². The van der Waals surface area contributed by atoms with Crippen LogP contribution in [-0.4, -0.2) is 35.4 Å². The van der Waals surface area contributed by atoms with Crippen molar-refractivity contribution in [3.63, 3.8) is 0 Å². The van der Waals surface area contributed by atoms with E-state index in [1.807, 2.05) is 18.2 Å². The maximum atomic E-state index is 13.1. The lowest BCUT2D eigenvalue weighted by Crippen LogP contribution is -2.50. The van der Waals surface area contributed by atoms with Gasteiger partial charge in [0, 0.05) is 28.2 Å². The molecule has 0 spiro atoms. The van der Waals surface area contributed by atoms with Gasteiger partial charge in [0.05, 0.1) is 0 Å². The number of nitrogens with one attached hydrogen (secondary N) is 1. The molecule has 1 atom stereocenters. The maximum Gasteiger partial charge on any atom is 0.261 e. The molecule has 1 aliphatic rings. The average molecular weight is 449 g/mol. The number of para-hydroxylation sites is 1. The van der Waals surface area contributed by atoms with Gasteiger partial charge in [0.25, 0.3) is 5.91 Å². The molecule has 7 heteroatoms. The molecular formula is C23H26Cl2N2O3. The SMILES string of the molecule is CC(C(=O)NC1CCCC1)N(Cc1c(Cl)cccc1Cl)C(=O)COc1ccccc1. The Morgan fingerprint density at radius 3 is 2.33 bits per heavy atom. The van der Waals surface area contributed by atoms with Gasteiger partial charge in [0.2, 0.25) is 5.91 Å². The minimum atomic E-state index is -0.690. The van der Waals surface area contributed by atoms with Gasteiger partial charge in [-0.05, 0) is 44.0 Å². The summed E-state index contributed by atoms with van der Waals surface area (Å²) < 4.78 is 5.62. The first-order chi connectivity index (χ1) is 14.5. The van der Waals surface area contributed by atoms with Crippen molar-refractivity contribution in [3.8, 4) is 5.75 Å². The summed E-state index contributed by atoms with van der Waals surface area (Å²) in [7, 11) is 0. The van der Waals surface area contributed by atoms with E-state index in [0.29, 0.717) is 21.4 Å². The second-order valence-electron chi connectivity index (χ2n) is 7.49. The van der Waals surface area contributed by atoms with Gasteiger partial charge in [0.15, 0.2) is 6.61 Å². The molecule has 2 amide bonds. The molecule has 2 aromatic rings. The molecule has 2 aromatic carbocycles. The number of amides is 2. The topological polar surface area (TPSA) is 58.6 Å². The zero-order valence-corrected chi connectivity index (χ0v) is 18.5. The van der Waals surface area contributed by atoms with Gasteiger partial charge in [-0.25, -0.2) is 0 Å². The highest BCUT2D eigenvalue weighted by Gasteiger charge is 2.29. The molecule has 1 unspecified atom stereocenters. The van der Waals surface area contributed by atoms with Gasteiger partial charge in [-0.3, -0.25) is 9.59 Å². The lowest BCUT2D eigenvalue weighted by Gasteiger charge is -2.30.